The van der Waals surface area contributed by atoms with Crippen molar-refractivity contribution in [2.45, 2.75) is 0 Å². The van der Waals surface area contributed by atoms with Crippen LogP contribution in [-0.4, -0.2) is 25.0 Å². The standard InChI is InChI=1S/C18H14FNO3/c19-16-7-2-1-4-13(16)8-9-17(21)14-5-3-6-15(12-14)20-10-11-23-18(20)22/h1-9,12H,10-11H2. The van der Waals surface area contributed by atoms with E-state index < -0.39 is 6.09 Å². The minimum atomic E-state index is -0.420. The number of amides is 1. The predicted octanol–water partition coefficient (Wildman–Crippen LogP) is 3.68. The summed E-state index contributed by atoms with van der Waals surface area (Å²) in [5.74, 6) is -0.646. The van der Waals surface area contributed by atoms with Crippen LogP contribution in [0.15, 0.2) is 54.6 Å². The van der Waals surface area contributed by atoms with Gasteiger partial charge in [0.25, 0.3) is 0 Å². The first-order valence-electron chi connectivity index (χ1n) is 7.16. The third kappa shape index (κ3) is 3.29. The Kier molecular flexibility index (Phi) is 4.19. The Morgan fingerprint density at radius 2 is 2.00 bits per heavy atom. The summed E-state index contributed by atoms with van der Waals surface area (Å²) in [7, 11) is 0. The third-order valence-electron chi connectivity index (χ3n) is 3.52. The molecule has 0 atom stereocenters. The molecule has 1 amide bonds. The molecule has 2 aromatic rings. The number of ketones is 1. The quantitative estimate of drug-likeness (QED) is 0.639. The fourth-order valence-electron chi connectivity index (χ4n) is 2.33. The molecule has 4 nitrogen and oxygen atoms in total. The topological polar surface area (TPSA) is 46.6 Å². The summed E-state index contributed by atoms with van der Waals surface area (Å²) in [6.07, 6.45) is 2.34. The maximum atomic E-state index is 13.5. The highest BCUT2D eigenvalue weighted by atomic mass is 19.1. The number of hydrogen-bond acceptors (Lipinski definition) is 3. The summed E-state index contributed by atoms with van der Waals surface area (Å²) in [5.41, 5.74) is 1.38. The van der Waals surface area contributed by atoms with E-state index in [4.69, 9.17) is 4.74 Å². The molecule has 1 saturated heterocycles. The minimum Gasteiger partial charge on any atom is -0.447 e. The Bertz CT molecular complexity index is 785. The van der Waals surface area contributed by atoms with Crippen molar-refractivity contribution < 1.29 is 18.7 Å². The van der Waals surface area contributed by atoms with Crippen LogP contribution in [0.3, 0.4) is 0 Å². The molecule has 5 heteroatoms. The summed E-state index contributed by atoms with van der Waals surface area (Å²) < 4.78 is 18.4. The molecule has 0 saturated carbocycles. The molecule has 0 spiro atoms. The second-order valence-electron chi connectivity index (χ2n) is 5.04. The number of hydrogen-bond donors (Lipinski definition) is 0. The highest BCUT2D eigenvalue weighted by Gasteiger charge is 2.23. The number of cyclic esters (lactones) is 1. The lowest BCUT2D eigenvalue weighted by atomic mass is 10.1. The van der Waals surface area contributed by atoms with Gasteiger partial charge in [0.2, 0.25) is 0 Å². The molecule has 3 rings (SSSR count). The number of rotatable bonds is 4. The normalized spacial score (nSPS) is 14.3. The minimum absolute atomic E-state index is 0.261. The van der Waals surface area contributed by atoms with Crippen LogP contribution in [0.1, 0.15) is 15.9 Å². The van der Waals surface area contributed by atoms with E-state index in [1.54, 1.807) is 42.5 Å². The molecule has 2 aromatic carbocycles. The molecule has 1 aliphatic heterocycles. The highest BCUT2D eigenvalue weighted by molar-refractivity contribution is 6.07. The molecule has 116 valence electrons. The van der Waals surface area contributed by atoms with Gasteiger partial charge in [-0.05, 0) is 30.4 Å². The first kappa shape index (κ1) is 15.0. The number of allylic oxidation sites excluding steroid dienone is 1. The second-order valence-corrected chi connectivity index (χ2v) is 5.04. The monoisotopic (exact) mass is 311 g/mol. The van der Waals surface area contributed by atoms with Crippen LogP contribution in [0, 0.1) is 5.82 Å². The van der Waals surface area contributed by atoms with E-state index in [2.05, 4.69) is 0 Å². The lowest BCUT2D eigenvalue weighted by molar-refractivity contribution is 0.104. The predicted molar refractivity (Wildman–Crippen MR) is 84.9 cm³/mol. The van der Waals surface area contributed by atoms with Gasteiger partial charge in [0, 0.05) is 16.8 Å². The average molecular weight is 311 g/mol. The first-order valence-corrected chi connectivity index (χ1v) is 7.16. The Labute approximate surface area is 132 Å². The van der Waals surface area contributed by atoms with Crippen molar-refractivity contribution >= 4 is 23.6 Å². The van der Waals surface area contributed by atoms with Gasteiger partial charge in [0.1, 0.15) is 12.4 Å². The third-order valence-corrected chi connectivity index (χ3v) is 3.52. The maximum absolute atomic E-state index is 13.5. The fraction of sp³-hybridized carbons (Fsp3) is 0.111. The summed E-state index contributed by atoms with van der Waals surface area (Å²) in [4.78, 5) is 25.3. The van der Waals surface area contributed by atoms with Crippen molar-refractivity contribution in [2.75, 3.05) is 18.1 Å². The zero-order valence-corrected chi connectivity index (χ0v) is 12.2. The van der Waals surface area contributed by atoms with Crippen molar-refractivity contribution in [2.24, 2.45) is 0 Å². The Balaban J connectivity index is 1.80. The molecular formula is C18H14FNO3. The molecule has 0 unspecified atom stereocenters. The summed E-state index contributed by atoms with van der Waals surface area (Å²) in [6.45, 7) is 0.797. The van der Waals surface area contributed by atoms with Crippen LogP contribution in [0.5, 0.6) is 0 Å². The number of ether oxygens (including phenoxy) is 1. The average Bonchev–Trinajstić information content (AvgIpc) is 3.00. The molecule has 1 heterocycles. The lowest BCUT2D eigenvalue weighted by Gasteiger charge is -2.13. The van der Waals surface area contributed by atoms with Gasteiger partial charge in [-0.3, -0.25) is 9.69 Å². The molecule has 0 radical (unpaired) electrons. The number of carbonyl (C=O) groups is 2. The number of nitrogens with zero attached hydrogens (tertiary/aromatic N) is 1. The lowest BCUT2D eigenvalue weighted by Crippen LogP contribution is -2.23. The van der Waals surface area contributed by atoms with Crippen molar-refractivity contribution in [1.29, 1.82) is 0 Å². The molecule has 1 aliphatic rings. The van der Waals surface area contributed by atoms with Gasteiger partial charge in [-0.1, -0.05) is 30.3 Å². The molecule has 0 N–H and O–H groups in total. The second kappa shape index (κ2) is 6.44. The van der Waals surface area contributed by atoms with Gasteiger partial charge in [0.15, 0.2) is 5.78 Å². The SMILES string of the molecule is O=C(C=Cc1ccccc1F)c1cccc(N2CCOC2=O)c1. The van der Waals surface area contributed by atoms with Crippen LogP contribution in [0.2, 0.25) is 0 Å². The van der Waals surface area contributed by atoms with E-state index in [-0.39, 0.29) is 11.6 Å². The van der Waals surface area contributed by atoms with Crippen LogP contribution < -0.4 is 4.90 Å². The smallest absolute Gasteiger partial charge is 0.414 e. The Morgan fingerprint density at radius 1 is 1.17 bits per heavy atom. The van der Waals surface area contributed by atoms with E-state index >= 15 is 0 Å². The number of carbonyl (C=O) groups excluding carboxylic acids is 2. The molecule has 23 heavy (non-hydrogen) atoms. The van der Waals surface area contributed by atoms with E-state index in [1.807, 2.05) is 0 Å². The van der Waals surface area contributed by atoms with Gasteiger partial charge >= 0.3 is 6.09 Å². The van der Waals surface area contributed by atoms with Crippen molar-refractivity contribution in [3.05, 3.63) is 71.6 Å². The summed E-state index contributed by atoms with van der Waals surface area (Å²) >= 11 is 0. The van der Waals surface area contributed by atoms with Gasteiger partial charge in [0.05, 0.1) is 6.54 Å². The Hall–Kier alpha value is -2.95. The van der Waals surface area contributed by atoms with Gasteiger partial charge in [-0.15, -0.1) is 0 Å². The zero-order valence-electron chi connectivity index (χ0n) is 12.2. The van der Waals surface area contributed by atoms with E-state index in [0.29, 0.717) is 30.0 Å². The largest absolute Gasteiger partial charge is 0.447 e. The maximum Gasteiger partial charge on any atom is 0.414 e. The molecule has 0 bridgehead atoms. The van der Waals surface area contributed by atoms with Crippen molar-refractivity contribution in [3.8, 4) is 0 Å². The van der Waals surface area contributed by atoms with Crippen LogP contribution in [0.4, 0.5) is 14.9 Å². The van der Waals surface area contributed by atoms with Crippen LogP contribution >= 0.6 is 0 Å². The number of benzene rings is 2. The van der Waals surface area contributed by atoms with Gasteiger partial charge in [-0.2, -0.15) is 0 Å². The van der Waals surface area contributed by atoms with Crippen molar-refractivity contribution in [3.63, 3.8) is 0 Å². The molecule has 0 aliphatic carbocycles. The van der Waals surface area contributed by atoms with E-state index in [9.17, 15) is 14.0 Å². The first-order chi connectivity index (χ1) is 11.1. The Morgan fingerprint density at radius 3 is 2.74 bits per heavy atom. The zero-order chi connectivity index (χ0) is 16.2. The van der Waals surface area contributed by atoms with Crippen LogP contribution in [0.25, 0.3) is 6.08 Å². The van der Waals surface area contributed by atoms with E-state index in [0.717, 1.165) is 0 Å². The summed E-state index contributed by atoms with van der Waals surface area (Å²) in [6, 6.07) is 12.9. The molecular weight excluding hydrogens is 297 g/mol. The fourth-order valence-corrected chi connectivity index (χ4v) is 2.33. The van der Waals surface area contributed by atoms with Gasteiger partial charge in [-0.25, -0.2) is 9.18 Å². The number of anilines is 1. The molecule has 1 fully saturated rings. The molecule has 0 aromatic heterocycles. The number of halogens is 1. The van der Waals surface area contributed by atoms with Gasteiger partial charge < -0.3 is 4.74 Å². The van der Waals surface area contributed by atoms with Crippen molar-refractivity contribution in [1.82, 2.24) is 0 Å². The summed E-state index contributed by atoms with van der Waals surface area (Å²) in [5, 5.41) is 0. The highest BCUT2D eigenvalue weighted by Crippen LogP contribution is 2.20. The van der Waals surface area contributed by atoms with E-state index in [1.165, 1.54) is 23.1 Å². The van der Waals surface area contributed by atoms with Crippen LogP contribution in [-0.2, 0) is 4.74 Å².